The predicted molar refractivity (Wildman–Crippen MR) is 43.3 cm³/mol. The van der Waals surface area contributed by atoms with E-state index < -0.39 is 0 Å². The average molecular weight is 164 g/mol. The van der Waals surface area contributed by atoms with Gasteiger partial charge in [-0.2, -0.15) is 0 Å². The van der Waals surface area contributed by atoms with Crippen molar-refractivity contribution in [2.75, 3.05) is 0 Å². The topological polar surface area (TPSA) is 26.3 Å². The molecule has 2 heteroatoms. The van der Waals surface area contributed by atoms with Gasteiger partial charge in [-0.3, -0.25) is 4.79 Å². The second-order valence-corrected chi connectivity index (χ2v) is 4.18. The third-order valence-electron chi connectivity index (χ3n) is 3.50. The summed E-state index contributed by atoms with van der Waals surface area (Å²) in [4.78, 5) is 10.8. The second kappa shape index (κ2) is 1.93. The highest BCUT2D eigenvalue weighted by Crippen LogP contribution is 2.63. The minimum atomic E-state index is -0.125. The molecule has 2 saturated carbocycles. The van der Waals surface area contributed by atoms with Crippen molar-refractivity contribution in [3.63, 3.8) is 0 Å². The van der Waals surface area contributed by atoms with Crippen molar-refractivity contribution in [2.45, 2.75) is 19.4 Å². The summed E-state index contributed by atoms with van der Waals surface area (Å²) in [5.74, 6) is 2.70. The lowest BCUT2D eigenvalue weighted by atomic mass is 10.0. The van der Waals surface area contributed by atoms with Crippen LogP contribution in [0.25, 0.3) is 0 Å². The molecule has 2 bridgehead atoms. The summed E-state index contributed by atoms with van der Waals surface area (Å²) in [7, 11) is 0. The monoisotopic (exact) mass is 164 g/mol. The summed E-state index contributed by atoms with van der Waals surface area (Å²) in [6.07, 6.45) is 6.05. The van der Waals surface area contributed by atoms with E-state index in [9.17, 15) is 4.79 Å². The van der Waals surface area contributed by atoms with Crippen LogP contribution in [-0.2, 0) is 9.53 Å². The SMILES string of the molecule is CC(=O)OC1[C@H]2C=C[C@H]1[C@H]1C[C@@H]12. The quantitative estimate of drug-likeness (QED) is 0.432. The number of ether oxygens (including phenoxy) is 1. The Labute approximate surface area is 71.6 Å². The van der Waals surface area contributed by atoms with E-state index in [0.29, 0.717) is 11.8 Å². The van der Waals surface area contributed by atoms with Crippen molar-refractivity contribution in [1.29, 1.82) is 0 Å². The summed E-state index contributed by atoms with van der Waals surface area (Å²) < 4.78 is 5.30. The van der Waals surface area contributed by atoms with E-state index in [-0.39, 0.29) is 12.1 Å². The molecule has 64 valence electrons. The van der Waals surface area contributed by atoms with Gasteiger partial charge in [0.25, 0.3) is 0 Å². The Balaban J connectivity index is 1.80. The van der Waals surface area contributed by atoms with Crippen molar-refractivity contribution in [3.05, 3.63) is 12.2 Å². The lowest BCUT2D eigenvalue weighted by Gasteiger charge is -2.18. The zero-order chi connectivity index (χ0) is 8.29. The summed E-state index contributed by atoms with van der Waals surface area (Å²) in [6.45, 7) is 1.50. The van der Waals surface area contributed by atoms with Crippen LogP contribution < -0.4 is 0 Å². The van der Waals surface area contributed by atoms with Crippen molar-refractivity contribution < 1.29 is 9.53 Å². The van der Waals surface area contributed by atoms with Crippen LogP contribution in [0.3, 0.4) is 0 Å². The van der Waals surface area contributed by atoms with Gasteiger partial charge in [-0.15, -0.1) is 0 Å². The Hall–Kier alpha value is -0.790. The first-order valence-corrected chi connectivity index (χ1v) is 4.63. The van der Waals surface area contributed by atoms with Crippen molar-refractivity contribution in [2.24, 2.45) is 23.7 Å². The number of carbonyl (C=O) groups excluding carboxylic acids is 1. The molecule has 3 aliphatic rings. The van der Waals surface area contributed by atoms with Crippen LogP contribution in [0.2, 0.25) is 0 Å². The molecule has 0 aromatic rings. The Morgan fingerprint density at radius 2 is 1.92 bits per heavy atom. The average Bonchev–Trinajstić information content (AvgIpc) is 2.66. The summed E-state index contributed by atoms with van der Waals surface area (Å²) in [6, 6.07) is 0. The van der Waals surface area contributed by atoms with Gasteiger partial charge in [0.15, 0.2) is 0 Å². The van der Waals surface area contributed by atoms with Gasteiger partial charge in [-0.1, -0.05) is 12.2 Å². The highest BCUT2D eigenvalue weighted by atomic mass is 16.5. The molecule has 0 saturated heterocycles. The molecule has 0 spiro atoms. The van der Waals surface area contributed by atoms with Gasteiger partial charge in [-0.05, 0) is 18.3 Å². The van der Waals surface area contributed by atoms with Crippen molar-refractivity contribution >= 4 is 5.97 Å². The van der Waals surface area contributed by atoms with Crippen LogP contribution in [0.1, 0.15) is 13.3 Å². The van der Waals surface area contributed by atoms with Crippen LogP contribution >= 0.6 is 0 Å². The van der Waals surface area contributed by atoms with Crippen LogP contribution in [0, 0.1) is 23.7 Å². The molecule has 0 amide bonds. The Kier molecular flexibility index (Phi) is 1.07. The first kappa shape index (κ1) is 6.70. The van der Waals surface area contributed by atoms with Crippen molar-refractivity contribution in [1.82, 2.24) is 0 Å². The largest absolute Gasteiger partial charge is 0.461 e. The number of esters is 1. The van der Waals surface area contributed by atoms with E-state index in [1.807, 2.05) is 0 Å². The minimum absolute atomic E-state index is 0.125. The molecule has 3 aliphatic carbocycles. The van der Waals surface area contributed by atoms with Gasteiger partial charge in [0.05, 0.1) is 0 Å². The van der Waals surface area contributed by atoms with E-state index in [2.05, 4.69) is 12.2 Å². The molecule has 2 nitrogen and oxygen atoms in total. The Morgan fingerprint density at radius 3 is 2.42 bits per heavy atom. The molecule has 3 rings (SSSR count). The maximum absolute atomic E-state index is 10.8. The molecule has 0 unspecified atom stereocenters. The van der Waals surface area contributed by atoms with Gasteiger partial charge >= 0.3 is 5.97 Å². The Morgan fingerprint density at radius 1 is 1.33 bits per heavy atom. The zero-order valence-corrected chi connectivity index (χ0v) is 7.07. The van der Waals surface area contributed by atoms with Gasteiger partial charge in [0, 0.05) is 18.8 Å². The summed E-state index contributed by atoms with van der Waals surface area (Å²) in [5.41, 5.74) is 0. The van der Waals surface area contributed by atoms with Crippen LogP contribution in [0.15, 0.2) is 12.2 Å². The molecule has 0 N–H and O–H groups in total. The molecule has 0 radical (unpaired) electrons. The fraction of sp³-hybridized carbons (Fsp3) is 0.700. The highest BCUT2D eigenvalue weighted by molar-refractivity contribution is 5.66. The van der Waals surface area contributed by atoms with E-state index in [1.54, 1.807) is 0 Å². The van der Waals surface area contributed by atoms with E-state index in [1.165, 1.54) is 13.3 Å². The van der Waals surface area contributed by atoms with E-state index in [0.717, 1.165) is 11.8 Å². The lowest BCUT2D eigenvalue weighted by molar-refractivity contribution is -0.148. The van der Waals surface area contributed by atoms with Gasteiger partial charge < -0.3 is 4.74 Å². The number of hydrogen-bond acceptors (Lipinski definition) is 2. The fourth-order valence-electron chi connectivity index (χ4n) is 2.97. The number of carbonyl (C=O) groups is 1. The number of hydrogen-bond donors (Lipinski definition) is 0. The van der Waals surface area contributed by atoms with Gasteiger partial charge in [-0.25, -0.2) is 0 Å². The molecule has 0 heterocycles. The molecular weight excluding hydrogens is 152 g/mol. The van der Waals surface area contributed by atoms with Gasteiger partial charge in [0.2, 0.25) is 0 Å². The molecule has 0 aliphatic heterocycles. The maximum atomic E-state index is 10.8. The second-order valence-electron chi connectivity index (χ2n) is 4.18. The smallest absolute Gasteiger partial charge is 0.302 e. The zero-order valence-electron chi connectivity index (χ0n) is 7.07. The summed E-state index contributed by atoms with van der Waals surface area (Å²) in [5, 5.41) is 0. The highest BCUT2D eigenvalue weighted by Gasteiger charge is 2.61. The number of rotatable bonds is 1. The Bertz CT molecular complexity index is 251. The third kappa shape index (κ3) is 0.680. The van der Waals surface area contributed by atoms with E-state index >= 15 is 0 Å². The minimum Gasteiger partial charge on any atom is -0.461 e. The molecule has 2 fully saturated rings. The van der Waals surface area contributed by atoms with Crippen LogP contribution in [-0.4, -0.2) is 12.1 Å². The summed E-state index contributed by atoms with van der Waals surface area (Å²) >= 11 is 0. The normalized spacial score (nSPS) is 52.2. The van der Waals surface area contributed by atoms with Crippen LogP contribution in [0.4, 0.5) is 0 Å². The molecule has 12 heavy (non-hydrogen) atoms. The fourth-order valence-corrected chi connectivity index (χ4v) is 2.97. The standard InChI is InChI=1S/C10H12O2/c1-5(11)12-10-6-2-3-7(10)9-4-8(6)9/h2-3,6-10H,4H2,1H3/t6-,7-,8+,9+/m0/s1. The number of fused-ring (bicyclic) bond motifs is 5. The lowest BCUT2D eigenvalue weighted by Crippen LogP contribution is -2.24. The molecule has 4 atom stereocenters. The van der Waals surface area contributed by atoms with E-state index in [4.69, 9.17) is 4.74 Å². The molecule has 0 aromatic carbocycles. The molecular formula is C10H12O2. The van der Waals surface area contributed by atoms with Gasteiger partial charge in [0.1, 0.15) is 6.10 Å². The maximum Gasteiger partial charge on any atom is 0.302 e. The first-order valence-electron chi connectivity index (χ1n) is 4.63. The first-order chi connectivity index (χ1) is 5.77. The molecule has 0 aromatic heterocycles. The van der Waals surface area contributed by atoms with Crippen LogP contribution in [0.5, 0.6) is 0 Å². The third-order valence-corrected chi connectivity index (χ3v) is 3.50. The predicted octanol–water partition coefficient (Wildman–Crippen LogP) is 1.37. The van der Waals surface area contributed by atoms with Crippen molar-refractivity contribution in [3.8, 4) is 0 Å².